The molecule has 0 bridgehead atoms. The van der Waals surface area contributed by atoms with Crippen molar-refractivity contribution in [2.75, 3.05) is 6.54 Å². The molecule has 1 heterocycles. The number of hydrogen-bond acceptors (Lipinski definition) is 2. The van der Waals surface area contributed by atoms with Crippen molar-refractivity contribution < 1.29 is 9.13 Å². The van der Waals surface area contributed by atoms with Gasteiger partial charge in [-0.1, -0.05) is 13.3 Å². The SMILES string of the molecule is CCC1CCC(NCC2Cc3cc(F)ccc3O2)CC1. The number of benzene rings is 1. The van der Waals surface area contributed by atoms with Crippen LogP contribution >= 0.6 is 0 Å². The lowest BCUT2D eigenvalue weighted by molar-refractivity contribution is 0.206. The van der Waals surface area contributed by atoms with E-state index < -0.39 is 0 Å². The lowest BCUT2D eigenvalue weighted by atomic mass is 9.84. The standard InChI is InChI=1S/C17H24FNO/c1-2-12-3-6-15(7-4-12)19-11-16-10-13-9-14(18)5-8-17(13)20-16/h5,8-9,12,15-16,19H,2-4,6-7,10-11H2,1H3. The lowest BCUT2D eigenvalue weighted by Crippen LogP contribution is -2.39. The van der Waals surface area contributed by atoms with E-state index in [4.69, 9.17) is 4.74 Å². The number of rotatable bonds is 4. The van der Waals surface area contributed by atoms with Gasteiger partial charge in [0.2, 0.25) is 0 Å². The van der Waals surface area contributed by atoms with Gasteiger partial charge in [-0.2, -0.15) is 0 Å². The number of hydrogen-bond donors (Lipinski definition) is 1. The van der Waals surface area contributed by atoms with Crippen molar-refractivity contribution in [2.45, 2.75) is 57.6 Å². The minimum atomic E-state index is -0.168. The summed E-state index contributed by atoms with van der Waals surface area (Å²) in [6.07, 6.45) is 7.58. The Morgan fingerprint density at radius 1 is 1.25 bits per heavy atom. The van der Waals surface area contributed by atoms with Crippen LogP contribution in [0, 0.1) is 11.7 Å². The zero-order chi connectivity index (χ0) is 13.9. The normalized spacial score (nSPS) is 29.0. The Bertz CT molecular complexity index is 454. The van der Waals surface area contributed by atoms with Crippen molar-refractivity contribution in [3.05, 3.63) is 29.6 Å². The molecule has 2 nitrogen and oxygen atoms in total. The molecule has 1 aromatic rings. The zero-order valence-electron chi connectivity index (χ0n) is 12.2. The smallest absolute Gasteiger partial charge is 0.123 e. The highest BCUT2D eigenvalue weighted by atomic mass is 19.1. The number of ether oxygens (including phenoxy) is 1. The first-order valence-electron chi connectivity index (χ1n) is 7.93. The Balaban J connectivity index is 1.45. The van der Waals surface area contributed by atoms with Crippen molar-refractivity contribution in [2.24, 2.45) is 5.92 Å². The number of halogens is 1. The summed E-state index contributed by atoms with van der Waals surface area (Å²) in [7, 11) is 0. The van der Waals surface area contributed by atoms with Crippen molar-refractivity contribution >= 4 is 0 Å². The van der Waals surface area contributed by atoms with Crippen LogP contribution in [0.25, 0.3) is 0 Å². The van der Waals surface area contributed by atoms with E-state index in [1.807, 2.05) is 0 Å². The maximum atomic E-state index is 13.2. The monoisotopic (exact) mass is 277 g/mol. The molecule has 3 heteroatoms. The molecule has 0 aromatic heterocycles. The minimum Gasteiger partial charge on any atom is -0.488 e. The topological polar surface area (TPSA) is 21.3 Å². The van der Waals surface area contributed by atoms with Crippen LogP contribution in [-0.2, 0) is 6.42 Å². The fourth-order valence-corrected chi connectivity index (χ4v) is 3.48. The summed E-state index contributed by atoms with van der Waals surface area (Å²) in [5.41, 5.74) is 1.01. The van der Waals surface area contributed by atoms with Crippen LogP contribution in [0.5, 0.6) is 5.75 Å². The fourth-order valence-electron chi connectivity index (χ4n) is 3.48. The molecule has 0 saturated heterocycles. The average Bonchev–Trinajstić information content (AvgIpc) is 2.87. The van der Waals surface area contributed by atoms with Gasteiger partial charge < -0.3 is 10.1 Å². The van der Waals surface area contributed by atoms with Crippen LogP contribution in [0.2, 0.25) is 0 Å². The molecule has 0 spiro atoms. The second-order valence-electron chi connectivity index (χ2n) is 6.23. The Morgan fingerprint density at radius 2 is 2.05 bits per heavy atom. The molecule has 1 aliphatic heterocycles. The number of nitrogens with one attached hydrogen (secondary N) is 1. The molecule has 2 aliphatic rings. The summed E-state index contributed by atoms with van der Waals surface area (Å²) in [4.78, 5) is 0. The van der Waals surface area contributed by atoms with Crippen LogP contribution in [0.4, 0.5) is 4.39 Å². The molecule has 20 heavy (non-hydrogen) atoms. The summed E-state index contributed by atoms with van der Waals surface area (Å²) >= 11 is 0. The largest absolute Gasteiger partial charge is 0.488 e. The highest BCUT2D eigenvalue weighted by Gasteiger charge is 2.25. The van der Waals surface area contributed by atoms with E-state index in [1.54, 1.807) is 12.1 Å². The summed E-state index contributed by atoms with van der Waals surface area (Å²) in [5, 5.41) is 3.64. The van der Waals surface area contributed by atoms with Gasteiger partial charge in [0.05, 0.1) is 0 Å². The summed E-state index contributed by atoms with van der Waals surface area (Å²) in [6, 6.07) is 5.46. The van der Waals surface area contributed by atoms with Gasteiger partial charge in [-0.3, -0.25) is 0 Å². The Morgan fingerprint density at radius 3 is 2.80 bits per heavy atom. The molecule has 0 amide bonds. The molecular weight excluding hydrogens is 253 g/mol. The predicted octanol–water partition coefficient (Wildman–Crippen LogP) is 3.69. The third-order valence-corrected chi connectivity index (χ3v) is 4.82. The molecule has 1 atom stereocenters. The molecule has 110 valence electrons. The van der Waals surface area contributed by atoms with Gasteiger partial charge in [-0.15, -0.1) is 0 Å². The average molecular weight is 277 g/mol. The maximum absolute atomic E-state index is 13.2. The molecule has 0 radical (unpaired) electrons. The van der Waals surface area contributed by atoms with E-state index in [9.17, 15) is 4.39 Å². The predicted molar refractivity (Wildman–Crippen MR) is 78.6 cm³/mol. The van der Waals surface area contributed by atoms with Crippen LogP contribution < -0.4 is 10.1 Å². The molecule has 1 unspecified atom stereocenters. The fraction of sp³-hybridized carbons (Fsp3) is 0.647. The second-order valence-corrected chi connectivity index (χ2v) is 6.23. The van der Waals surface area contributed by atoms with Gasteiger partial charge in [-0.25, -0.2) is 4.39 Å². The summed E-state index contributed by atoms with van der Waals surface area (Å²) < 4.78 is 19.0. The van der Waals surface area contributed by atoms with E-state index in [0.29, 0.717) is 6.04 Å². The highest BCUT2D eigenvalue weighted by Crippen LogP contribution is 2.30. The zero-order valence-corrected chi connectivity index (χ0v) is 12.2. The van der Waals surface area contributed by atoms with E-state index in [0.717, 1.165) is 30.2 Å². The third-order valence-electron chi connectivity index (χ3n) is 4.82. The van der Waals surface area contributed by atoms with Gasteiger partial charge in [-0.05, 0) is 49.8 Å². The molecule has 1 saturated carbocycles. The maximum Gasteiger partial charge on any atom is 0.123 e. The Labute approximate surface area is 120 Å². The Hall–Kier alpha value is -1.09. The molecule has 3 rings (SSSR count). The first-order valence-corrected chi connectivity index (χ1v) is 7.93. The Kier molecular flexibility index (Phi) is 4.25. The molecule has 1 N–H and O–H groups in total. The van der Waals surface area contributed by atoms with E-state index in [-0.39, 0.29) is 11.9 Å². The molecule has 1 aromatic carbocycles. The van der Waals surface area contributed by atoms with Crippen LogP contribution in [-0.4, -0.2) is 18.7 Å². The summed E-state index contributed by atoms with van der Waals surface area (Å²) in [6.45, 7) is 3.17. The minimum absolute atomic E-state index is 0.163. The van der Waals surface area contributed by atoms with Crippen LogP contribution in [0.1, 0.15) is 44.6 Å². The van der Waals surface area contributed by atoms with Crippen molar-refractivity contribution in [3.8, 4) is 5.75 Å². The van der Waals surface area contributed by atoms with Gasteiger partial charge in [0.25, 0.3) is 0 Å². The highest BCUT2D eigenvalue weighted by molar-refractivity contribution is 5.37. The second kappa shape index (κ2) is 6.13. The van der Waals surface area contributed by atoms with Crippen molar-refractivity contribution in [1.29, 1.82) is 0 Å². The van der Waals surface area contributed by atoms with Crippen molar-refractivity contribution in [3.63, 3.8) is 0 Å². The van der Waals surface area contributed by atoms with E-state index in [2.05, 4.69) is 12.2 Å². The lowest BCUT2D eigenvalue weighted by Gasteiger charge is -2.29. The van der Waals surface area contributed by atoms with E-state index >= 15 is 0 Å². The molecular formula is C17H24FNO. The molecule has 1 aliphatic carbocycles. The van der Waals surface area contributed by atoms with Crippen LogP contribution in [0.15, 0.2) is 18.2 Å². The quantitative estimate of drug-likeness (QED) is 0.906. The van der Waals surface area contributed by atoms with Gasteiger partial charge in [0.15, 0.2) is 0 Å². The third kappa shape index (κ3) is 3.14. The first-order chi connectivity index (χ1) is 9.74. The van der Waals surface area contributed by atoms with Gasteiger partial charge in [0, 0.05) is 24.6 Å². The molecule has 1 fully saturated rings. The van der Waals surface area contributed by atoms with Gasteiger partial charge in [0.1, 0.15) is 17.7 Å². The summed E-state index contributed by atoms with van der Waals surface area (Å²) in [5.74, 6) is 1.62. The number of fused-ring (bicyclic) bond motifs is 1. The van der Waals surface area contributed by atoms with Crippen molar-refractivity contribution in [1.82, 2.24) is 5.32 Å². The van der Waals surface area contributed by atoms with Gasteiger partial charge >= 0.3 is 0 Å². The van der Waals surface area contributed by atoms with Crippen LogP contribution in [0.3, 0.4) is 0 Å². The first kappa shape index (κ1) is 13.9. The van der Waals surface area contributed by atoms with E-state index in [1.165, 1.54) is 38.2 Å².